The third-order valence-corrected chi connectivity index (χ3v) is 3.20. The van der Waals surface area contributed by atoms with Gasteiger partial charge in [0, 0.05) is 6.04 Å². The van der Waals surface area contributed by atoms with Gasteiger partial charge in [0.25, 0.3) is 0 Å². The number of halogens is 1. The molecule has 3 heteroatoms. The topological polar surface area (TPSA) is 35.2 Å². The molecular formula is C12H18BrNO. The minimum Gasteiger partial charge on any atom is -0.495 e. The highest BCUT2D eigenvalue weighted by atomic mass is 79.9. The fraction of sp³-hybridized carbons (Fsp3) is 0.500. The molecule has 1 unspecified atom stereocenters. The molecule has 2 N–H and O–H groups in total. The zero-order chi connectivity index (χ0) is 11.6. The van der Waals surface area contributed by atoms with E-state index in [1.54, 1.807) is 7.11 Å². The van der Waals surface area contributed by atoms with Gasteiger partial charge in [-0.25, -0.2) is 0 Å². The van der Waals surface area contributed by atoms with Crippen LogP contribution in [0.5, 0.6) is 5.75 Å². The Morgan fingerprint density at radius 1 is 1.47 bits per heavy atom. The standard InChI is InChI=1S/C12H18BrNO/c1-7-5-11(13)12(15-4)10(9(7)3)6-8(2)14/h5,8H,6,14H2,1-4H3. The Morgan fingerprint density at radius 3 is 2.53 bits per heavy atom. The molecule has 0 radical (unpaired) electrons. The van der Waals surface area contributed by atoms with Gasteiger partial charge in [-0.2, -0.15) is 0 Å². The van der Waals surface area contributed by atoms with Crippen molar-refractivity contribution in [2.24, 2.45) is 5.73 Å². The van der Waals surface area contributed by atoms with Gasteiger partial charge in [-0.1, -0.05) is 0 Å². The molecule has 0 aliphatic rings. The van der Waals surface area contributed by atoms with Gasteiger partial charge in [0.2, 0.25) is 0 Å². The lowest BCUT2D eigenvalue weighted by Gasteiger charge is -2.17. The van der Waals surface area contributed by atoms with Gasteiger partial charge < -0.3 is 10.5 Å². The smallest absolute Gasteiger partial charge is 0.136 e. The summed E-state index contributed by atoms with van der Waals surface area (Å²) in [5, 5.41) is 0. The molecule has 84 valence electrons. The molecule has 0 saturated carbocycles. The third kappa shape index (κ3) is 2.73. The second-order valence-electron chi connectivity index (χ2n) is 3.99. The van der Waals surface area contributed by atoms with E-state index in [0.717, 1.165) is 16.6 Å². The largest absolute Gasteiger partial charge is 0.495 e. The summed E-state index contributed by atoms with van der Waals surface area (Å²) < 4.78 is 6.41. The predicted molar refractivity (Wildman–Crippen MR) is 67.5 cm³/mol. The zero-order valence-corrected chi connectivity index (χ0v) is 11.3. The number of hydrogen-bond acceptors (Lipinski definition) is 2. The number of nitrogens with two attached hydrogens (primary N) is 1. The number of benzene rings is 1. The van der Waals surface area contributed by atoms with E-state index in [4.69, 9.17) is 10.5 Å². The molecule has 0 saturated heterocycles. The molecular weight excluding hydrogens is 254 g/mol. The Labute approximate surface area is 99.9 Å². The van der Waals surface area contributed by atoms with Crippen LogP contribution in [0.3, 0.4) is 0 Å². The van der Waals surface area contributed by atoms with Crippen LogP contribution in [0.15, 0.2) is 10.5 Å². The van der Waals surface area contributed by atoms with Gasteiger partial charge >= 0.3 is 0 Å². The maximum Gasteiger partial charge on any atom is 0.136 e. The fourth-order valence-corrected chi connectivity index (χ4v) is 2.45. The summed E-state index contributed by atoms with van der Waals surface area (Å²) in [6.07, 6.45) is 0.843. The first-order valence-electron chi connectivity index (χ1n) is 5.05. The molecule has 1 rings (SSSR count). The fourth-order valence-electron chi connectivity index (χ4n) is 1.70. The van der Waals surface area contributed by atoms with E-state index in [-0.39, 0.29) is 6.04 Å². The average Bonchev–Trinajstić information content (AvgIpc) is 2.13. The van der Waals surface area contributed by atoms with Gasteiger partial charge in [0.15, 0.2) is 0 Å². The summed E-state index contributed by atoms with van der Waals surface area (Å²) in [7, 11) is 1.69. The van der Waals surface area contributed by atoms with Crippen molar-refractivity contribution in [3.63, 3.8) is 0 Å². The molecule has 0 bridgehead atoms. The Morgan fingerprint density at radius 2 is 2.07 bits per heavy atom. The van der Waals surface area contributed by atoms with Crippen LogP contribution in [0, 0.1) is 13.8 Å². The van der Waals surface area contributed by atoms with Crippen LogP contribution in [-0.2, 0) is 6.42 Å². The minimum absolute atomic E-state index is 0.145. The van der Waals surface area contributed by atoms with Crippen LogP contribution in [0.4, 0.5) is 0 Å². The second-order valence-corrected chi connectivity index (χ2v) is 4.85. The van der Waals surface area contributed by atoms with Crippen molar-refractivity contribution in [1.82, 2.24) is 0 Å². The number of aryl methyl sites for hydroxylation is 1. The Hall–Kier alpha value is -0.540. The van der Waals surface area contributed by atoms with Crippen molar-refractivity contribution < 1.29 is 4.74 Å². The van der Waals surface area contributed by atoms with Gasteiger partial charge in [0.05, 0.1) is 11.6 Å². The lowest BCUT2D eigenvalue weighted by Crippen LogP contribution is -2.19. The predicted octanol–water partition coefficient (Wildman–Crippen LogP) is 2.96. The van der Waals surface area contributed by atoms with Crippen LogP contribution in [0.25, 0.3) is 0 Å². The average molecular weight is 272 g/mol. The van der Waals surface area contributed by atoms with E-state index >= 15 is 0 Å². The second kappa shape index (κ2) is 4.99. The van der Waals surface area contributed by atoms with E-state index in [0.29, 0.717) is 0 Å². The van der Waals surface area contributed by atoms with Gasteiger partial charge in [-0.05, 0) is 65.9 Å². The van der Waals surface area contributed by atoms with Crippen LogP contribution >= 0.6 is 15.9 Å². The van der Waals surface area contributed by atoms with E-state index < -0.39 is 0 Å². The van der Waals surface area contributed by atoms with Crippen molar-refractivity contribution >= 4 is 15.9 Å². The van der Waals surface area contributed by atoms with Crippen molar-refractivity contribution in [1.29, 1.82) is 0 Å². The Balaban J connectivity index is 3.30. The van der Waals surface area contributed by atoms with Gasteiger partial charge in [-0.15, -0.1) is 0 Å². The molecule has 0 amide bonds. The lowest BCUT2D eigenvalue weighted by molar-refractivity contribution is 0.405. The zero-order valence-electron chi connectivity index (χ0n) is 9.73. The highest BCUT2D eigenvalue weighted by Gasteiger charge is 2.14. The number of ether oxygens (including phenoxy) is 1. The summed E-state index contributed by atoms with van der Waals surface area (Å²) in [6.45, 7) is 6.22. The summed E-state index contributed by atoms with van der Waals surface area (Å²) in [4.78, 5) is 0. The van der Waals surface area contributed by atoms with Gasteiger partial charge in [-0.3, -0.25) is 0 Å². The van der Waals surface area contributed by atoms with Crippen molar-refractivity contribution in [3.05, 3.63) is 27.2 Å². The van der Waals surface area contributed by atoms with E-state index in [1.807, 2.05) is 6.92 Å². The quantitative estimate of drug-likeness (QED) is 0.918. The van der Waals surface area contributed by atoms with Crippen molar-refractivity contribution in [2.45, 2.75) is 33.2 Å². The first kappa shape index (κ1) is 12.5. The van der Waals surface area contributed by atoms with E-state index in [2.05, 4.69) is 35.8 Å². The molecule has 15 heavy (non-hydrogen) atoms. The Bertz CT molecular complexity index is 361. The lowest BCUT2D eigenvalue weighted by atomic mass is 9.97. The summed E-state index contributed by atoms with van der Waals surface area (Å²) in [5.41, 5.74) is 9.59. The molecule has 1 atom stereocenters. The summed E-state index contributed by atoms with van der Waals surface area (Å²) in [6, 6.07) is 2.23. The monoisotopic (exact) mass is 271 g/mol. The molecule has 2 nitrogen and oxygen atoms in total. The number of hydrogen-bond donors (Lipinski definition) is 1. The summed E-state index contributed by atoms with van der Waals surface area (Å²) >= 11 is 3.52. The Kier molecular flexibility index (Phi) is 4.17. The minimum atomic E-state index is 0.145. The number of methoxy groups -OCH3 is 1. The molecule has 0 fully saturated rings. The maximum atomic E-state index is 5.85. The van der Waals surface area contributed by atoms with E-state index in [1.165, 1.54) is 16.7 Å². The SMILES string of the molecule is COc1c(Br)cc(C)c(C)c1CC(C)N. The molecule has 0 aliphatic heterocycles. The molecule has 0 heterocycles. The molecule has 1 aromatic rings. The maximum absolute atomic E-state index is 5.85. The third-order valence-electron chi connectivity index (χ3n) is 2.61. The highest BCUT2D eigenvalue weighted by molar-refractivity contribution is 9.10. The van der Waals surface area contributed by atoms with Gasteiger partial charge in [0.1, 0.15) is 5.75 Å². The van der Waals surface area contributed by atoms with Crippen molar-refractivity contribution in [2.75, 3.05) is 7.11 Å². The van der Waals surface area contributed by atoms with Crippen LogP contribution in [0.1, 0.15) is 23.6 Å². The normalized spacial score (nSPS) is 12.7. The molecule has 0 aliphatic carbocycles. The van der Waals surface area contributed by atoms with Crippen LogP contribution < -0.4 is 10.5 Å². The first-order chi connectivity index (χ1) is 6.97. The van der Waals surface area contributed by atoms with Crippen LogP contribution in [0.2, 0.25) is 0 Å². The number of rotatable bonds is 3. The highest BCUT2D eigenvalue weighted by Crippen LogP contribution is 2.34. The molecule has 0 aromatic heterocycles. The van der Waals surface area contributed by atoms with E-state index in [9.17, 15) is 0 Å². The molecule has 0 spiro atoms. The van der Waals surface area contributed by atoms with Crippen LogP contribution in [-0.4, -0.2) is 13.2 Å². The first-order valence-corrected chi connectivity index (χ1v) is 5.84. The molecule has 1 aromatic carbocycles. The summed E-state index contributed by atoms with van der Waals surface area (Å²) in [5.74, 6) is 0.912. The van der Waals surface area contributed by atoms with Crippen molar-refractivity contribution in [3.8, 4) is 5.75 Å².